The van der Waals surface area contributed by atoms with Crippen LogP contribution in [0.15, 0.2) is 41.8 Å². The van der Waals surface area contributed by atoms with E-state index in [0.29, 0.717) is 6.42 Å². The SMILES string of the molecule is CC(=O)C(C)(CCCCc1ccc(-c2cccs2)cc1)S(C)(=O)=O. The second kappa shape index (κ2) is 7.62. The van der Waals surface area contributed by atoms with Crippen molar-refractivity contribution >= 4 is 27.0 Å². The van der Waals surface area contributed by atoms with E-state index in [9.17, 15) is 13.2 Å². The van der Waals surface area contributed by atoms with Crippen molar-refractivity contribution < 1.29 is 13.2 Å². The van der Waals surface area contributed by atoms with Crippen molar-refractivity contribution in [1.29, 1.82) is 0 Å². The van der Waals surface area contributed by atoms with E-state index in [-0.39, 0.29) is 5.78 Å². The molecule has 1 aromatic heterocycles. The monoisotopic (exact) mass is 364 g/mol. The Kier molecular flexibility index (Phi) is 5.99. The highest BCUT2D eigenvalue weighted by molar-refractivity contribution is 7.92. The van der Waals surface area contributed by atoms with Crippen LogP contribution in [0.4, 0.5) is 0 Å². The number of sulfone groups is 1. The number of Topliss-reactive ketones (excluding diaryl/α,β-unsaturated/α-hetero) is 1. The van der Waals surface area contributed by atoms with E-state index in [0.717, 1.165) is 25.5 Å². The quantitative estimate of drug-likeness (QED) is 0.647. The summed E-state index contributed by atoms with van der Waals surface area (Å²) in [6.45, 7) is 2.91. The largest absolute Gasteiger partial charge is 0.298 e. The average molecular weight is 365 g/mol. The molecule has 2 aromatic rings. The Balaban J connectivity index is 1.89. The molecule has 2 rings (SSSR count). The molecule has 1 unspecified atom stereocenters. The number of thiophene rings is 1. The summed E-state index contributed by atoms with van der Waals surface area (Å²) in [7, 11) is -3.39. The lowest BCUT2D eigenvalue weighted by Crippen LogP contribution is -2.41. The number of carbonyl (C=O) groups excluding carboxylic acids is 1. The highest BCUT2D eigenvalue weighted by Gasteiger charge is 2.39. The van der Waals surface area contributed by atoms with Crippen molar-refractivity contribution in [2.75, 3.05) is 6.26 Å². The van der Waals surface area contributed by atoms with Gasteiger partial charge in [-0.15, -0.1) is 11.3 Å². The maximum Gasteiger partial charge on any atom is 0.159 e. The number of benzene rings is 1. The van der Waals surface area contributed by atoms with E-state index in [4.69, 9.17) is 0 Å². The Hall–Kier alpha value is -1.46. The van der Waals surface area contributed by atoms with Gasteiger partial charge in [0.05, 0.1) is 0 Å². The van der Waals surface area contributed by atoms with Gasteiger partial charge in [-0.05, 0) is 55.7 Å². The Morgan fingerprint density at radius 3 is 2.29 bits per heavy atom. The molecule has 5 heteroatoms. The average Bonchev–Trinajstić information content (AvgIpc) is 3.05. The molecule has 0 bridgehead atoms. The van der Waals surface area contributed by atoms with Gasteiger partial charge in [0.1, 0.15) is 4.75 Å². The fraction of sp³-hybridized carbons (Fsp3) is 0.421. The molecule has 0 radical (unpaired) electrons. The molecule has 0 N–H and O–H groups in total. The molecular weight excluding hydrogens is 340 g/mol. The summed E-state index contributed by atoms with van der Waals surface area (Å²) in [4.78, 5) is 13.0. The summed E-state index contributed by atoms with van der Waals surface area (Å²) in [5.41, 5.74) is 2.45. The normalized spacial score (nSPS) is 14.3. The first-order valence-electron chi connectivity index (χ1n) is 8.07. The predicted molar refractivity (Wildman–Crippen MR) is 101 cm³/mol. The predicted octanol–water partition coefficient (Wildman–Crippen LogP) is 4.52. The van der Waals surface area contributed by atoms with Crippen LogP contribution in [0, 0.1) is 0 Å². The van der Waals surface area contributed by atoms with E-state index >= 15 is 0 Å². The molecule has 0 aliphatic rings. The second-order valence-corrected chi connectivity index (χ2v) is 9.83. The minimum absolute atomic E-state index is 0.273. The summed E-state index contributed by atoms with van der Waals surface area (Å²) in [6.07, 6.45) is 4.02. The summed E-state index contributed by atoms with van der Waals surface area (Å²) in [5.74, 6) is -0.273. The van der Waals surface area contributed by atoms with Gasteiger partial charge in [0.15, 0.2) is 15.6 Å². The summed E-state index contributed by atoms with van der Waals surface area (Å²) < 4.78 is 22.5. The minimum atomic E-state index is -3.39. The van der Waals surface area contributed by atoms with Gasteiger partial charge >= 0.3 is 0 Å². The van der Waals surface area contributed by atoms with Crippen LogP contribution in [0.2, 0.25) is 0 Å². The van der Waals surface area contributed by atoms with Crippen LogP contribution in [0.3, 0.4) is 0 Å². The zero-order valence-corrected chi connectivity index (χ0v) is 16.0. The third-order valence-electron chi connectivity index (χ3n) is 4.69. The van der Waals surface area contributed by atoms with Gasteiger partial charge in [0.2, 0.25) is 0 Å². The van der Waals surface area contributed by atoms with Crippen molar-refractivity contribution in [1.82, 2.24) is 0 Å². The lowest BCUT2D eigenvalue weighted by molar-refractivity contribution is -0.119. The molecule has 1 aromatic carbocycles. The smallest absolute Gasteiger partial charge is 0.159 e. The van der Waals surface area contributed by atoms with Gasteiger partial charge in [0, 0.05) is 11.1 Å². The van der Waals surface area contributed by atoms with Crippen molar-refractivity contribution in [2.45, 2.75) is 44.3 Å². The lowest BCUT2D eigenvalue weighted by atomic mass is 9.97. The lowest BCUT2D eigenvalue weighted by Gasteiger charge is -2.24. The van der Waals surface area contributed by atoms with E-state index < -0.39 is 14.6 Å². The molecule has 3 nitrogen and oxygen atoms in total. The fourth-order valence-electron chi connectivity index (χ4n) is 2.69. The van der Waals surface area contributed by atoms with Crippen molar-refractivity contribution in [2.24, 2.45) is 0 Å². The van der Waals surface area contributed by atoms with Gasteiger partial charge in [-0.1, -0.05) is 36.8 Å². The Morgan fingerprint density at radius 2 is 1.79 bits per heavy atom. The van der Waals surface area contributed by atoms with Crippen LogP contribution >= 0.6 is 11.3 Å². The number of rotatable bonds is 8. The fourth-order valence-corrected chi connectivity index (χ4v) is 4.46. The van der Waals surface area contributed by atoms with Gasteiger partial charge in [-0.2, -0.15) is 0 Å². The van der Waals surface area contributed by atoms with Gasteiger partial charge in [-0.3, -0.25) is 4.79 Å². The van der Waals surface area contributed by atoms with Crippen LogP contribution in [-0.4, -0.2) is 25.2 Å². The Morgan fingerprint density at radius 1 is 1.12 bits per heavy atom. The van der Waals surface area contributed by atoms with Crippen molar-refractivity contribution in [3.63, 3.8) is 0 Å². The van der Waals surface area contributed by atoms with Crippen LogP contribution < -0.4 is 0 Å². The molecule has 0 spiro atoms. The summed E-state index contributed by atoms with van der Waals surface area (Å²) in [5, 5.41) is 2.07. The van der Waals surface area contributed by atoms with Crippen LogP contribution in [0.25, 0.3) is 10.4 Å². The standard InChI is InChI=1S/C19H24O3S2/c1-15(20)19(2,24(3,21)22)13-5-4-7-16-9-11-17(12-10-16)18-8-6-14-23-18/h6,8-12,14H,4-5,7,13H2,1-3H3. The molecular formula is C19H24O3S2. The molecule has 0 aliphatic heterocycles. The molecule has 1 atom stereocenters. The van der Waals surface area contributed by atoms with E-state index in [1.807, 2.05) is 6.07 Å². The van der Waals surface area contributed by atoms with Crippen LogP contribution in [0.5, 0.6) is 0 Å². The number of unbranched alkanes of at least 4 members (excludes halogenated alkanes) is 1. The summed E-state index contributed by atoms with van der Waals surface area (Å²) in [6, 6.07) is 12.6. The molecule has 130 valence electrons. The van der Waals surface area contributed by atoms with Crippen molar-refractivity contribution in [3.05, 3.63) is 47.3 Å². The number of carbonyl (C=O) groups is 1. The number of hydrogen-bond donors (Lipinski definition) is 0. The Bertz CT molecular complexity index is 775. The van der Waals surface area contributed by atoms with Gasteiger partial charge in [0.25, 0.3) is 0 Å². The van der Waals surface area contributed by atoms with Gasteiger partial charge < -0.3 is 0 Å². The highest BCUT2D eigenvalue weighted by atomic mass is 32.2. The van der Waals surface area contributed by atoms with E-state index in [1.54, 1.807) is 18.3 Å². The first-order valence-corrected chi connectivity index (χ1v) is 10.8. The molecule has 0 aliphatic carbocycles. The maximum absolute atomic E-state index is 11.9. The number of ketones is 1. The van der Waals surface area contributed by atoms with Crippen molar-refractivity contribution in [3.8, 4) is 10.4 Å². The topological polar surface area (TPSA) is 51.2 Å². The molecule has 0 fully saturated rings. The third-order valence-corrected chi connectivity index (χ3v) is 7.74. The molecule has 0 amide bonds. The zero-order valence-electron chi connectivity index (χ0n) is 14.4. The first kappa shape index (κ1) is 18.9. The molecule has 0 saturated heterocycles. The van der Waals surface area contributed by atoms with Crippen LogP contribution in [-0.2, 0) is 21.1 Å². The number of aryl methyl sites for hydroxylation is 1. The Labute approximate surface area is 148 Å². The first-order chi connectivity index (χ1) is 11.2. The summed E-state index contributed by atoms with van der Waals surface area (Å²) >= 11 is 1.72. The number of hydrogen-bond acceptors (Lipinski definition) is 4. The minimum Gasteiger partial charge on any atom is -0.298 e. The molecule has 24 heavy (non-hydrogen) atoms. The van der Waals surface area contributed by atoms with Crippen LogP contribution in [0.1, 0.15) is 38.7 Å². The maximum atomic E-state index is 11.9. The molecule has 0 saturated carbocycles. The van der Waals surface area contributed by atoms with E-state index in [1.165, 1.54) is 22.9 Å². The molecule has 1 heterocycles. The van der Waals surface area contributed by atoms with Gasteiger partial charge in [-0.25, -0.2) is 8.42 Å². The highest BCUT2D eigenvalue weighted by Crippen LogP contribution is 2.27. The zero-order chi connectivity index (χ0) is 17.8. The van der Waals surface area contributed by atoms with E-state index in [2.05, 4.69) is 35.7 Å². The second-order valence-electron chi connectivity index (χ2n) is 6.44. The third kappa shape index (κ3) is 4.33.